The second-order valence-corrected chi connectivity index (χ2v) is 8.38. The zero-order valence-corrected chi connectivity index (χ0v) is 14.4. The van der Waals surface area contributed by atoms with E-state index in [1.54, 1.807) is 11.3 Å². The van der Waals surface area contributed by atoms with Crippen LogP contribution in [-0.4, -0.2) is 43.2 Å². The lowest BCUT2D eigenvalue weighted by Crippen LogP contribution is -2.43. The number of rotatable bonds is 6. The topological polar surface area (TPSA) is 41.6 Å². The first-order valence-electron chi connectivity index (χ1n) is 8.91. The molecule has 2 saturated heterocycles. The fourth-order valence-electron chi connectivity index (χ4n) is 4.06. The first-order chi connectivity index (χ1) is 11.3. The molecule has 1 aliphatic carbocycles. The molecule has 1 N–H and O–H groups in total. The summed E-state index contributed by atoms with van der Waals surface area (Å²) in [6.07, 6.45) is 4.70. The first kappa shape index (κ1) is 15.6. The summed E-state index contributed by atoms with van der Waals surface area (Å²) in [5.74, 6) is 2.31. The Labute approximate surface area is 142 Å². The highest BCUT2D eigenvalue weighted by molar-refractivity contribution is 7.09. The Morgan fingerprint density at radius 3 is 3.09 bits per heavy atom. The van der Waals surface area contributed by atoms with Gasteiger partial charge < -0.3 is 15.0 Å². The van der Waals surface area contributed by atoms with Crippen molar-refractivity contribution in [2.24, 2.45) is 17.8 Å². The molecule has 4 nitrogen and oxygen atoms in total. The van der Waals surface area contributed by atoms with Crippen LogP contribution in [0.5, 0.6) is 0 Å². The van der Waals surface area contributed by atoms with E-state index >= 15 is 0 Å². The number of ether oxygens (including phenoxy) is 1. The molecule has 5 heteroatoms. The largest absolute Gasteiger partial charge is 0.377 e. The SMILES string of the molecule is O=C(C[C@H]1OC[C@H]2CN(CC3CC3)CC[C@H]21)NCc1cccs1. The lowest BCUT2D eigenvalue weighted by atomic mass is 9.83. The van der Waals surface area contributed by atoms with Gasteiger partial charge in [0.2, 0.25) is 5.91 Å². The molecule has 1 amide bonds. The number of piperidine rings is 1. The third kappa shape index (κ3) is 3.95. The zero-order valence-electron chi connectivity index (χ0n) is 13.6. The number of carbonyl (C=O) groups excluding carboxylic acids is 1. The van der Waals surface area contributed by atoms with Crippen LogP contribution in [-0.2, 0) is 16.1 Å². The number of hydrogen-bond donors (Lipinski definition) is 1. The number of hydrogen-bond acceptors (Lipinski definition) is 4. The summed E-state index contributed by atoms with van der Waals surface area (Å²) in [4.78, 5) is 16.0. The summed E-state index contributed by atoms with van der Waals surface area (Å²) in [6.45, 7) is 5.14. The molecular weight excluding hydrogens is 308 g/mol. The highest BCUT2D eigenvalue weighted by Gasteiger charge is 2.42. The van der Waals surface area contributed by atoms with Gasteiger partial charge in [-0.3, -0.25) is 4.79 Å². The van der Waals surface area contributed by atoms with E-state index in [4.69, 9.17) is 4.74 Å². The van der Waals surface area contributed by atoms with Crippen molar-refractivity contribution in [1.82, 2.24) is 10.2 Å². The van der Waals surface area contributed by atoms with Crippen molar-refractivity contribution in [2.45, 2.75) is 38.3 Å². The summed E-state index contributed by atoms with van der Waals surface area (Å²) in [6, 6.07) is 4.08. The zero-order chi connectivity index (χ0) is 15.6. The van der Waals surface area contributed by atoms with Gasteiger partial charge in [-0.05, 0) is 49.1 Å². The molecule has 1 aromatic heterocycles. The molecule has 0 unspecified atom stereocenters. The van der Waals surface area contributed by atoms with Gasteiger partial charge in [0, 0.05) is 23.9 Å². The Bertz CT molecular complexity index is 529. The normalized spacial score (nSPS) is 31.0. The molecule has 2 aliphatic heterocycles. The number of nitrogens with zero attached hydrogens (tertiary/aromatic N) is 1. The molecule has 1 aromatic rings. The molecule has 3 fully saturated rings. The second kappa shape index (κ2) is 6.91. The molecule has 0 bridgehead atoms. The van der Waals surface area contributed by atoms with Crippen LogP contribution in [0, 0.1) is 17.8 Å². The predicted molar refractivity (Wildman–Crippen MR) is 91.3 cm³/mol. The molecular formula is C18H26N2O2S. The maximum atomic E-state index is 12.2. The van der Waals surface area contributed by atoms with Crippen LogP contribution >= 0.6 is 11.3 Å². The average molecular weight is 334 g/mol. The third-order valence-corrected chi connectivity index (χ3v) is 6.39. The molecule has 3 aliphatic rings. The van der Waals surface area contributed by atoms with E-state index in [-0.39, 0.29) is 12.0 Å². The quantitative estimate of drug-likeness (QED) is 0.869. The van der Waals surface area contributed by atoms with Gasteiger partial charge in [0.15, 0.2) is 0 Å². The molecule has 1 saturated carbocycles. The maximum absolute atomic E-state index is 12.2. The van der Waals surface area contributed by atoms with E-state index in [2.05, 4.69) is 16.3 Å². The highest BCUT2D eigenvalue weighted by Crippen LogP contribution is 2.38. The van der Waals surface area contributed by atoms with Crippen molar-refractivity contribution in [2.75, 3.05) is 26.2 Å². The maximum Gasteiger partial charge on any atom is 0.222 e. The van der Waals surface area contributed by atoms with Crippen molar-refractivity contribution in [3.8, 4) is 0 Å². The van der Waals surface area contributed by atoms with Gasteiger partial charge in [0.1, 0.15) is 0 Å². The Balaban J connectivity index is 1.23. The fourth-order valence-corrected chi connectivity index (χ4v) is 4.70. The number of carbonyl (C=O) groups is 1. The van der Waals surface area contributed by atoms with Gasteiger partial charge in [0.25, 0.3) is 0 Å². The van der Waals surface area contributed by atoms with Gasteiger partial charge in [-0.15, -0.1) is 11.3 Å². The minimum atomic E-state index is 0.129. The van der Waals surface area contributed by atoms with Crippen LogP contribution in [0.15, 0.2) is 17.5 Å². The summed E-state index contributed by atoms with van der Waals surface area (Å²) in [5.41, 5.74) is 0. The molecule has 23 heavy (non-hydrogen) atoms. The lowest BCUT2D eigenvalue weighted by molar-refractivity contribution is -0.123. The van der Waals surface area contributed by atoms with Crippen LogP contribution in [0.1, 0.15) is 30.6 Å². The average Bonchev–Trinajstić information content (AvgIpc) is 3.07. The van der Waals surface area contributed by atoms with Crippen molar-refractivity contribution in [3.63, 3.8) is 0 Å². The Kier molecular flexibility index (Phi) is 4.69. The predicted octanol–water partition coefficient (Wildman–Crippen LogP) is 2.50. The van der Waals surface area contributed by atoms with Crippen LogP contribution in [0.25, 0.3) is 0 Å². The van der Waals surface area contributed by atoms with Gasteiger partial charge in [-0.1, -0.05) is 6.07 Å². The fraction of sp³-hybridized carbons (Fsp3) is 0.722. The third-order valence-electron chi connectivity index (χ3n) is 5.52. The molecule has 3 heterocycles. The monoisotopic (exact) mass is 334 g/mol. The number of thiophene rings is 1. The standard InChI is InChI=1S/C18H26N2O2S/c21-18(19-9-15-2-1-7-23-15)8-17-16-5-6-20(10-13-3-4-13)11-14(16)12-22-17/h1-2,7,13-14,16-17H,3-6,8-12H2,(H,19,21)/t14-,16-,17-/m1/s1. The van der Waals surface area contributed by atoms with E-state index in [1.165, 1.54) is 43.8 Å². The summed E-state index contributed by atoms with van der Waals surface area (Å²) in [7, 11) is 0. The molecule has 0 aromatic carbocycles. The molecule has 3 atom stereocenters. The van der Waals surface area contributed by atoms with Crippen LogP contribution in [0.3, 0.4) is 0 Å². The highest BCUT2D eigenvalue weighted by atomic mass is 32.1. The lowest BCUT2D eigenvalue weighted by Gasteiger charge is -2.35. The van der Waals surface area contributed by atoms with E-state index in [0.29, 0.717) is 24.8 Å². The van der Waals surface area contributed by atoms with Crippen molar-refractivity contribution in [3.05, 3.63) is 22.4 Å². The van der Waals surface area contributed by atoms with E-state index in [0.717, 1.165) is 12.5 Å². The Hall–Kier alpha value is -0.910. The van der Waals surface area contributed by atoms with Gasteiger partial charge in [0.05, 0.1) is 25.7 Å². The van der Waals surface area contributed by atoms with Crippen molar-refractivity contribution < 1.29 is 9.53 Å². The molecule has 126 valence electrons. The minimum absolute atomic E-state index is 0.129. The minimum Gasteiger partial charge on any atom is -0.377 e. The van der Waals surface area contributed by atoms with E-state index in [9.17, 15) is 4.79 Å². The summed E-state index contributed by atoms with van der Waals surface area (Å²) in [5, 5.41) is 5.07. The number of likely N-dealkylation sites (tertiary alicyclic amines) is 1. The van der Waals surface area contributed by atoms with Crippen molar-refractivity contribution >= 4 is 17.2 Å². The van der Waals surface area contributed by atoms with E-state index in [1.807, 2.05) is 11.4 Å². The Morgan fingerprint density at radius 2 is 2.30 bits per heavy atom. The Morgan fingerprint density at radius 1 is 1.39 bits per heavy atom. The van der Waals surface area contributed by atoms with Crippen LogP contribution in [0.2, 0.25) is 0 Å². The van der Waals surface area contributed by atoms with Crippen LogP contribution < -0.4 is 5.32 Å². The molecule has 0 radical (unpaired) electrons. The van der Waals surface area contributed by atoms with Crippen molar-refractivity contribution in [1.29, 1.82) is 0 Å². The van der Waals surface area contributed by atoms with Gasteiger partial charge >= 0.3 is 0 Å². The van der Waals surface area contributed by atoms with Gasteiger partial charge in [-0.25, -0.2) is 0 Å². The molecule has 0 spiro atoms. The van der Waals surface area contributed by atoms with Gasteiger partial charge in [-0.2, -0.15) is 0 Å². The molecule has 4 rings (SSSR count). The van der Waals surface area contributed by atoms with Crippen LogP contribution in [0.4, 0.5) is 0 Å². The number of amides is 1. The summed E-state index contributed by atoms with van der Waals surface area (Å²) < 4.78 is 5.99. The second-order valence-electron chi connectivity index (χ2n) is 7.35. The smallest absolute Gasteiger partial charge is 0.222 e. The number of nitrogens with one attached hydrogen (secondary N) is 1. The number of fused-ring (bicyclic) bond motifs is 1. The van der Waals surface area contributed by atoms with E-state index < -0.39 is 0 Å². The first-order valence-corrected chi connectivity index (χ1v) is 9.79. The summed E-state index contributed by atoms with van der Waals surface area (Å²) >= 11 is 1.68.